The molecule has 0 amide bonds. The van der Waals surface area contributed by atoms with E-state index in [-0.39, 0.29) is 12.0 Å². The predicted octanol–water partition coefficient (Wildman–Crippen LogP) is 1.01. The van der Waals surface area contributed by atoms with E-state index < -0.39 is 23.6 Å². The van der Waals surface area contributed by atoms with Crippen LogP contribution in [0.25, 0.3) is 0 Å². The maximum absolute atomic E-state index is 13.2. The summed E-state index contributed by atoms with van der Waals surface area (Å²) in [6, 6.07) is 2.99. The van der Waals surface area contributed by atoms with E-state index in [0.29, 0.717) is 0 Å². The summed E-state index contributed by atoms with van der Waals surface area (Å²) in [7, 11) is 0. The van der Waals surface area contributed by atoms with Crippen LogP contribution in [0.4, 0.5) is 4.39 Å². The van der Waals surface area contributed by atoms with Gasteiger partial charge in [0.05, 0.1) is 6.42 Å². The van der Waals surface area contributed by atoms with Crippen LogP contribution in [-0.2, 0) is 4.79 Å². The molecule has 0 aliphatic carbocycles. The van der Waals surface area contributed by atoms with Gasteiger partial charge in [-0.1, -0.05) is 12.1 Å². The number of rotatable bonds is 3. The molecule has 0 radical (unpaired) electrons. The van der Waals surface area contributed by atoms with Crippen LogP contribution in [0.2, 0.25) is 0 Å². The van der Waals surface area contributed by atoms with Crippen LogP contribution in [0.5, 0.6) is 5.75 Å². The summed E-state index contributed by atoms with van der Waals surface area (Å²) in [5.41, 5.74) is 5.44. The largest absolute Gasteiger partial charge is 0.505 e. The number of aliphatic carboxylic acids is 1. The highest BCUT2D eigenvalue weighted by Crippen LogP contribution is 2.24. The average molecular weight is 199 g/mol. The second-order valence-corrected chi connectivity index (χ2v) is 2.88. The minimum atomic E-state index is -1.11. The van der Waals surface area contributed by atoms with Gasteiger partial charge in [-0.2, -0.15) is 0 Å². The highest BCUT2D eigenvalue weighted by Gasteiger charge is 2.16. The Hall–Kier alpha value is -1.62. The quantitative estimate of drug-likeness (QED) is 0.678. The highest BCUT2D eigenvalue weighted by atomic mass is 19.1. The molecular weight excluding hydrogens is 189 g/mol. The Bertz CT molecular complexity index is 354. The Morgan fingerprint density at radius 1 is 1.57 bits per heavy atom. The van der Waals surface area contributed by atoms with Crippen LogP contribution in [0.15, 0.2) is 18.2 Å². The van der Waals surface area contributed by atoms with Gasteiger partial charge in [0.25, 0.3) is 0 Å². The van der Waals surface area contributed by atoms with E-state index in [1.807, 2.05) is 0 Å². The molecule has 1 aromatic rings. The minimum absolute atomic E-state index is 0.00685. The molecule has 4 nitrogen and oxygen atoms in total. The molecule has 4 N–H and O–H groups in total. The van der Waals surface area contributed by atoms with Gasteiger partial charge in [0.15, 0.2) is 11.6 Å². The Labute approximate surface area is 79.8 Å². The predicted molar refractivity (Wildman–Crippen MR) is 47.2 cm³/mol. The zero-order chi connectivity index (χ0) is 10.7. The SMILES string of the molecule is N[C@H](CC(=O)O)c1cccc(O)c1F. The van der Waals surface area contributed by atoms with Crippen LogP contribution in [0.1, 0.15) is 18.0 Å². The number of halogens is 1. The number of carbonyl (C=O) groups is 1. The highest BCUT2D eigenvalue weighted by molar-refractivity contribution is 5.68. The van der Waals surface area contributed by atoms with Gasteiger partial charge in [0.1, 0.15) is 0 Å². The Morgan fingerprint density at radius 3 is 2.79 bits per heavy atom. The van der Waals surface area contributed by atoms with Crippen LogP contribution >= 0.6 is 0 Å². The third-order valence-corrected chi connectivity index (χ3v) is 1.80. The van der Waals surface area contributed by atoms with Crippen LogP contribution in [-0.4, -0.2) is 16.2 Å². The second kappa shape index (κ2) is 4.06. The van der Waals surface area contributed by atoms with Crippen molar-refractivity contribution >= 4 is 5.97 Å². The van der Waals surface area contributed by atoms with Crippen molar-refractivity contribution in [3.8, 4) is 5.75 Å². The summed E-state index contributed by atoms with van der Waals surface area (Å²) < 4.78 is 13.2. The molecule has 5 heteroatoms. The van der Waals surface area contributed by atoms with E-state index in [1.165, 1.54) is 18.2 Å². The zero-order valence-corrected chi connectivity index (χ0v) is 7.27. The van der Waals surface area contributed by atoms with Crippen molar-refractivity contribution in [2.75, 3.05) is 0 Å². The van der Waals surface area contributed by atoms with Gasteiger partial charge in [-0.15, -0.1) is 0 Å². The fourth-order valence-corrected chi connectivity index (χ4v) is 1.12. The number of hydrogen-bond donors (Lipinski definition) is 3. The molecule has 1 rings (SSSR count). The molecule has 0 aromatic heterocycles. The number of nitrogens with two attached hydrogens (primary N) is 1. The number of carboxylic acid groups (broad SMARTS) is 1. The molecular formula is C9H10FNO3. The van der Waals surface area contributed by atoms with Crippen LogP contribution < -0.4 is 5.73 Å². The molecule has 0 aliphatic rings. The fraction of sp³-hybridized carbons (Fsp3) is 0.222. The van der Waals surface area contributed by atoms with Gasteiger partial charge in [0, 0.05) is 11.6 Å². The Morgan fingerprint density at radius 2 is 2.21 bits per heavy atom. The van der Waals surface area contributed by atoms with Crippen molar-refractivity contribution in [3.63, 3.8) is 0 Å². The zero-order valence-electron chi connectivity index (χ0n) is 7.27. The first-order chi connectivity index (χ1) is 6.52. The smallest absolute Gasteiger partial charge is 0.305 e. The number of phenols is 1. The first kappa shape index (κ1) is 10.5. The second-order valence-electron chi connectivity index (χ2n) is 2.88. The summed E-state index contributed by atoms with van der Waals surface area (Å²) in [5.74, 6) is -2.50. The van der Waals surface area contributed by atoms with E-state index >= 15 is 0 Å². The number of benzene rings is 1. The minimum Gasteiger partial charge on any atom is -0.505 e. The van der Waals surface area contributed by atoms with Crippen molar-refractivity contribution in [1.82, 2.24) is 0 Å². The van der Waals surface area contributed by atoms with Gasteiger partial charge in [0.2, 0.25) is 0 Å². The van der Waals surface area contributed by atoms with E-state index in [9.17, 15) is 9.18 Å². The molecule has 0 unspecified atom stereocenters. The topological polar surface area (TPSA) is 83.6 Å². The first-order valence-corrected chi connectivity index (χ1v) is 3.97. The fourth-order valence-electron chi connectivity index (χ4n) is 1.12. The van der Waals surface area contributed by atoms with Crippen molar-refractivity contribution in [2.24, 2.45) is 5.73 Å². The Kier molecular flexibility index (Phi) is 3.03. The number of carboxylic acids is 1. The molecule has 0 spiro atoms. The summed E-state index contributed by atoms with van der Waals surface area (Å²) >= 11 is 0. The Balaban J connectivity index is 2.95. The molecule has 0 aliphatic heterocycles. The summed E-state index contributed by atoms with van der Waals surface area (Å²) in [6.45, 7) is 0. The van der Waals surface area contributed by atoms with Gasteiger partial charge in [-0.25, -0.2) is 4.39 Å². The lowest BCUT2D eigenvalue weighted by Gasteiger charge is -2.10. The lowest BCUT2D eigenvalue weighted by molar-refractivity contribution is -0.137. The molecule has 0 fully saturated rings. The number of hydrogen-bond acceptors (Lipinski definition) is 3. The molecule has 76 valence electrons. The van der Waals surface area contributed by atoms with E-state index in [2.05, 4.69) is 0 Å². The third kappa shape index (κ3) is 2.20. The van der Waals surface area contributed by atoms with E-state index in [4.69, 9.17) is 15.9 Å². The molecule has 1 atom stereocenters. The molecule has 0 saturated heterocycles. The van der Waals surface area contributed by atoms with Gasteiger partial charge in [-0.05, 0) is 6.07 Å². The average Bonchev–Trinajstić information content (AvgIpc) is 2.08. The van der Waals surface area contributed by atoms with Crippen LogP contribution in [0.3, 0.4) is 0 Å². The van der Waals surface area contributed by atoms with Crippen molar-refractivity contribution in [3.05, 3.63) is 29.6 Å². The standard InChI is InChI=1S/C9H10FNO3/c10-9-5(2-1-3-7(9)12)6(11)4-8(13)14/h1-3,6,12H,4,11H2,(H,13,14)/t6-/m1/s1. The summed E-state index contributed by atoms with van der Waals surface area (Å²) in [6.07, 6.45) is -0.375. The van der Waals surface area contributed by atoms with Crippen LogP contribution in [0, 0.1) is 5.82 Å². The third-order valence-electron chi connectivity index (χ3n) is 1.80. The van der Waals surface area contributed by atoms with Crippen molar-refractivity contribution in [1.29, 1.82) is 0 Å². The maximum Gasteiger partial charge on any atom is 0.305 e. The molecule has 0 heterocycles. The van der Waals surface area contributed by atoms with E-state index in [0.717, 1.165) is 0 Å². The normalized spacial score (nSPS) is 12.4. The van der Waals surface area contributed by atoms with Gasteiger partial charge >= 0.3 is 5.97 Å². The van der Waals surface area contributed by atoms with E-state index in [1.54, 1.807) is 0 Å². The lowest BCUT2D eigenvalue weighted by atomic mass is 10.0. The molecule has 14 heavy (non-hydrogen) atoms. The number of phenolic OH excluding ortho intramolecular Hbond substituents is 1. The summed E-state index contributed by atoms with van der Waals surface area (Å²) in [5, 5.41) is 17.4. The molecule has 0 saturated carbocycles. The molecule has 1 aromatic carbocycles. The lowest BCUT2D eigenvalue weighted by Crippen LogP contribution is -2.16. The van der Waals surface area contributed by atoms with Crippen molar-refractivity contribution in [2.45, 2.75) is 12.5 Å². The van der Waals surface area contributed by atoms with Gasteiger partial charge in [-0.3, -0.25) is 4.79 Å². The molecule has 0 bridgehead atoms. The monoisotopic (exact) mass is 199 g/mol. The van der Waals surface area contributed by atoms with Gasteiger partial charge < -0.3 is 15.9 Å². The number of aromatic hydroxyl groups is 1. The first-order valence-electron chi connectivity index (χ1n) is 3.97. The van der Waals surface area contributed by atoms with Crippen molar-refractivity contribution < 1.29 is 19.4 Å². The maximum atomic E-state index is 13.2. The summed E-state index contributed by atoms with van der Waals surface area (Å²) in [4.78, 5) is 10.3.